The minimum Gasteiger partial charge on any atom is -0.482 e. The molecule has 0 radical (unpaired) electrons. The van der Waals surface area contributed by atoms with Crippen molar-refractivity contribution in [1.29, 1.82) is 0 Å². The normalized spacial score (nSPS) is 14.8. The second-order valence-electron chi connectivity index (χ2n) is 6.85. The Morgan fingerprint density at radius 3 is 2.61 bits per heavy atom. The standard InChI is InChI=1S/C17H20F3NO.C6H7NO2/c1-3-7-12(11-13(8-4-2)17(18,19)20)16-21-14-9-5-6-10-15(14)22-16;1-9-6-4-5(8)2-3-7-6/h3,7-8,11H,4-6,9-10H2,1-2H3;2-4H,1H3,(H,7,8)/b7-3-,12-11+,13-8-;. The molecule has 0 aromatic carbocycles. The van der Waals surface area contributed by atoms with Gasteiger partial charge >= 0.3 is 6.18 Å². The lowest BCUT2D eigenvalue weighted by Gasteiger charge is -2.08. The quantitative estimate of drug-likeness (QED) is 0.602. The van der Waals surface area contributed by atoms with E-state index in [2.05, 4.69) is 9.97 Å². The molecule has 0 bridgehead atoms. The summed E-state index contributed by atoms with van der Waals surface area (Å²) in [5, 5.41) is 0. The number of aromatic amines is 1. The molecule has 0 saturated carbocycles. The van der Waals surface area contributed by atoms with Crippen molar-refractivity contribution >= 4 is 5.57 Å². The number of hydrogen-bond acceptors (Lipinski definition) is 4. The maximum absolute atomic E-state index is 13.1. The zero-order valence-electron chi connectivity index (χ0n) is 17.9. The summed E-state index contributed by atoms with van der Waals surface area (Å²) in [7, 11) is 1.51. The fourth-order valence-corrected chi connectivity index (χ4v) is 3.02. The molecule has 3 rings (SSSR count). The summed E-state index contributed by atoms with van der Waals surface area (Å²) in [4.78, 5) is 17.7. The van der Waals surface area contributed by atoms with Gasteiger partial charge in [0, 0.05) is 30.3 Å². The Bertz CT molecular complexity index is 974. The van der Waals surface area contributed by atoms with E-state index >= 15 is 0 Å². The number of H-pyrrole nitrogens is 1. The summed E-state index contributed by atoms with van der Waals surface area (Å²) in [6, 6.07) is 2.82. The number of oxazole rings is 1. The van der Waals surface area contributed by atoms with Crippen LogP contribution < -0.4 is 10.2 Å². The third-order valence-electron chi connectivity index (χ3n) is 4.47. The van der Waals surface area contributed by atoms with E-state index in [0.29, 0.717) is 17.9 Å². The number of ether oxygens (including phenoxy) is 1. The lowest BCUT2D eigenvalue weighted by molar-refractivity contribution is -0.0883. The van der Waals surface area contributed by atoms with Gasteiger partial charge in [0.2, 0.25) is 5.89 Å². The van der Waals surface area contributed by atoms with Crippen molar-refractivity contribution in [3.05, 3.63) is 75.8 Å². The molecule has 0 atom stereocenters. The third kappa shape index (κ3) is 7.31. The topological polar surface area (TPSA) is 68.1 Å². The predicted octanol–water partition coefficient (Wildman–Crippen LogP) is 5.80. The number of nitrogens with zero attached hydrogens (tertiary/aromatic N) is 1. The lowest BCUT2D eigenvalue weighted by atomic mass is 10.0. The van der Waals surface area contributed by atoms with Crippen LogP contribution in [0.2, 0.25) is 0 Å². The average Bonchev–Trinajstić information content (AvgIpc) is 3.17. The summed E-state index contributed by atoms with van der Waals surface area (Å²) in [5.41, 5.74) is 0.517. The number of aryl methyl sites for hydroxylation is 2. The van der Waals surface area contributed by atoms with Crippen molar-refractivity contribution < 1.29 is 22.3 Å². The van der Waals surface area contributed by atoms with Crippen molar-refractivity contribution in [1.82, 2.24) is 9.97 Å². The summed E-state index contributed by atoms with van der Waals surface area (Å²) in [5.74, 6) is 1.57. The maximum atomic E-state index is 13.1. The van der Waals surface area contributed by atoms with Gasteiger partial charge in [-0.15, -0.1) is 0 Å². The van der Waals surface area contributed by atoms with Gasteiger partial charge in [-0.2, -0.15) is 13.2 Å². The van der Waals surface area contributed by atoms with E-state index in [-0.39, 0.29) is 11.3 Å². The van der Waals surface area contributed by atoms with Gasteiger partial charge in [0.25, 0.3) is 0 Å². The highest BCUT2D eigenvalue weighted by Gasteiger charge is 2.32. The molecule has 0 aliphatic heterocycles. The van der Waals surface area contributed by atoms with Gasteiger partial charge in [0.15, 0.2) is 11.3 Å². The molecule has 0 unspecified atom stereocenters. The van der Waals surface area contributed by atoms with E-state index in [0.717, 1.165) is 43.2 Å². The van der Waals surface area contributed by atoms with Crippen LogP contribution in [0.15, 0.2) is 57.4 Å². The third-order valence-corrected chi connectivity index (χ3v) is 4.47. The van der Waals surface area contributed by atoms with Crippen LogP contribution in [0.4, 0.5) is 13.2 Å². The van der Waals surface area contributed by atoms with Crippen LogP contribution in [0.1, 0.15) is 50.5 Å². The number of allylic oxidation sites excluding steroid dienone is 6. The van der Waals surface area contributed by atoms with Crippen molar-refractivity contribution in [2.45, 2.75) is 52.1 Å². The van der Waals surface area contributed by atoms with Gasteiger partial charge in [-0.05, 0) is 38.7 Å². The van der Waals surface area contributed by atoms with E-state index in [1.165, 1.54) is 25.3 Å². The molecule has 1 N–H and O–H groups in total. The molecule has 1 aliphatic carbocycles. The highest BCUT2D eigenvalue weighted by atomic mass is 19.4. The Kier molecular flexibility index (Phi) is 8.90. The van der Waals surface area contributed by atoms with Gasteiger partial charge < -0.3 is 14.1 Å². The highest BCUT2D eigenvalue weighted by Crippen LogP contribution is 2.31. The smallest absolute Gasteiger partial charge is 0.416 e. The summed E-state index contributed by atoms with van der Waals surface area (Å²) in [6.07, 6.45) is 6.78. The molecule has 0 spiro atoms. The van der Waals surface area contributed by atoms with E-state index in [9.17, 15) is 18.0 Å². The number of hydrogen-bond donors (Lipinski definition) is 1. The van der Waals surface area contributed by atoms with Gasteiger partial charge in [-0.25, -0.2) is 4.98 Å². The molecule has 0 fully saturated rings. The van der Waals surface area contributed by atoms with Crippen LogP contribution in [-0.4, -0.2) is 23.3 Å². The number of methoxy groups -OCH3 is 1. The summed E-state index contributed by atoms with van der Waals surface area (Å²) in [6.45, 7) is 3.44. The molecule has 2 heterocycles. The zero-order chi connectivity index (χ0) is 22.9. The summed E-state index contributed by atoms with van der Waals surface area (Å²) >= 11 is 0. The van der Waals surface area contributed by atoms with E-state index in [1.54, 1.807) is 32.2 Å². The minimum atomic E-state index is -4.38. The first-order chi connectivity index (χ1) is 14.8. The van der Waals surface area contributed by atoms with E-state index in [1.807, 2.05) is 0 Å². The average molecular weight is 436 g/mol. The SMILES string of the molecule is COc1cc(=O)cc[nH]1.C\C=C/C(=C\C(=C\CC)C(F)(F)F)c1nc2c(o1)CCCC2. The van der Waals surface area contributed by atoms with Crippen molar-refractivity contribution in [3.63, 3.8) is 0 Å². The lowest BCUT2D eigenvalue weighted by Crippen LogP contribution is -2.10. The van der Waals surface area contributed by atoms with E-state index < -0.39 is 11.7 Å². The number of fused-ring (bicyclic) bond motifs is 1. The Morgan fingerprint density at radius 2 is 2.06 bits per heavy atom. The number of pyridine rings is 1. The van der Waals surface area contributed by atoms with Crippen molar-refractivity contribution in [3.8, 4) is 5.88 Å². The van der Waals surface area contributed by atoms with Gasteiger partial charge in [-0.1, -0.05) is 25.2 Å². The fourth-order valence-electron chi connectivity index (χ4n) is 3.02. The van der Waals surface area contributed by atoms with Gasteiger partial charge in [0.1, 0.15) is 5.76 Å². The largest absolute Gasteiger partial charge is 0.482 e. The fraction of sp³-hybridized carbons (Fsp3) is 0.391. The molecular weight excluding hydrogens is 409 g/mol. The highest BCUT2D eigenvalue weighted by molar-refractivity contribution is 5.71. The molecule has 8 heteroatoms. The molecule has 0 saturated heterocycles. The molecule has 2 aromatic rings. The number of aromatic nitrogens is 2. The van der Waals surface area contributed by atoms with Crippen LogP contribution in [0.3, 0.4) is 0 Å². The van der Waals surface area contributed by atoms with Crippen molar-refractivity contribution in [2.75, 3.05) is 7.11 Å². The predicted molar refractivity (Wildman–Crippen MR) is 114 cm³/mol. The van der Waals surface area contributed by atoms with Crippen LogP contribution in [-0.2, 0) is 12.8 Å². The van der Waals surface area contributed by atoms with Crippen LogP contribution in [0.25, 0.3) is 5.57 Å². The Morgan fingerprint density at radius 1 is 1.32 bits per heavy atom. The van der Waals surface area contributed by atoms with E-state index in [4.69, 9.17) is 9.15 Å². The summed E-state index contributed by atoms with van der Waals surface area (Å²) < 4.78 is 49.6. The first-order valence-corrected chi connectivity index (χ1v) is 10.1. The van der Waals surface area contributed by atoms with Gasteiger partial charge in [0.05, 0.1) is 18.4 Å². The zero-order valence-corrected chi connectivity index (χ0v) is 17.9. The first kappa shape index (κ1) is 24.2. The second-order valence-corrected chi connectivity index (χ2v) is 6.85. The molecule has 0 amide bonds. The second kappa shape index (κ2) is 11.4. The molecular formula is C23H27F3N2O3. The number of alkyl halides is 3. The number of halogens is 3. The van der Waals surface area contributed by atoms with Crippen LogP contribution >= 0.6 is 0 Å². The van der Waals surface area contributed by atoms with Crippen LogP contribution in [0.5, 0.6) is 5.88 Å². The molecule has 31 heavy (non-hydrogen) atoms. The van der Waals surface area contributed by atoms with Gasteiger partial charge in [-0.3, -0.25) is 4.79 Å². The molecule has 5 nitrogen and oxygen atoms in total. The molecule has 168 valence electrons. The Labute approximate surface area is 179 Å². The van der Waals surface area contributed by atoms with Crippen LogP contribution in [0, 0.1) is 0 Å². The number of nitrogens with one attached hydrogen (secondary N) is 1. The first-order valence-electron chi connectivity index (χ1n) is 10.1. The minimum absolute atomic E-state index is 0.0504. The number of rotatable bonds is 5. The monoisotopic (exact) mass is 436 g/mol. The van der Waals surface area contributed by atoms with Crippen molar-refractivity contribution in [2.24, 2.45) is 0 Å². The Balaban J connectivity index is 0.000000316. The maximum Gasteiger partial charge on any atom is 0.416 e. The molecule has 1 aliphatic rings. The Hall–Kier alpha value is -3.03. The molecule has 2 aromatic heterocycles.